The van der Waals surface area contributed by atoms with E-state index in [4.69, 9.17) is 4.74 Å². The number of rotatable bonds is 5. The average molecular weight is 381 g/mol. The van der Waals surface area contributed by atoms with Gasteiger partial charge in [-0.05, 0) is 43.7 Å². The van der Waals surface area contributed by atoms with Crippen molar-refractivity contribution in [1.82, 2.24) is 0 Å². The van der Waals surface area contributed by atoms with Gasteiger partial charge in [-0.2, -0.15) is 0 Å². The lowest BCUT2D eigenvalue weighted by Gasteiger charge is -2.13. The molecule has 0 heterocycles. The summed E-state index contributed by atoms with van der Waals surface area (Å²) in [5, 5.41) is 3.36. The second-order valence-corrected chi connectivity index (χ2v) is 6.46. The Morgan fingerprint density at radius 1 is 0.931 bits per heavy atom. The van der Waals surface area contributed by atoms with Crippen LogP contribution in [0.4, 0.5) is 5.69 Å². The molecular formula is C26H23NO2. The second kappa shape index (κ2) is 9.96. The van der Waals surface area contributed by atoms with Crippen molar-refractivity contribution in [2.45, 2.75) is 13.8 Å². The molecule has 0 saturated carbocycles. The maximum Gasteiger partial charge on any atom is 0.332 e. The summed E-state index contributed by atoms with van der Waals surface area (Å²) < 4.78 is 5.09. The van der Waals surface area contributed by atoms with E-state index in [1.165, 1.54) is 11.6 Å². The van der Waals surface area contributed by atoms with Crippen LogP contribution < -0.4 is 5.32 Å². The molecule has 0 saturated heterocycles. The van der Waals surface area contributed by atoms with Gasteiger partial charge in [0.15, 0.2) is 0 Å². The molecule has 3 nitrogen and oxygen atoms in total. The van der Waals surface area contributed by atoms with Gasteiger partial charge in [-0.15, -0.1) is 0 Å². The van der Waals surface area contributed by atoms with Crippen LogP contribution >= 0.6 is 0 Å². The number of carbonyl (C=O) groups excluding carboxylic acids is 1. The first kappa shape index (κ1) is 20.0. The second-order valence-electron chi connectivity index (χ2n) is 6.46. The quantitative estimate of drug-likeness (QED) is 0.365. The number of anilines is 1. The summed E-state index contributed by atoms with van der Waals surface area (Å²) in [6.07, 6.45) is 1.48. The Morgan fingerprint density at radius 2 is 1.62 bits per heavy atom. The number of aryl methyl sites for hydroxylation is 1. The van der Waals surface area contributed by atoms with Crippen LogP contribution in [-0.2, 0) is 9.53 Å². The Bertz CT molecular complexity index is 1060. The van der Waals surface area contributed by atoms with Gasteiger partial charge in [0.05, 0.1) is 18.0 Å². The molecule has 0 aliphatic carbocycles. The maximum atomic E-state index is 12.1. The number of ether oxygens (including phenoxy) is 1. The summed E-state index contributed by atoms with van der Waals surface area (Å²) in [6, 6.07) is 25.6. The van der Waals surface area contributed by atoms with Crippen molar-refractivity contribution >= 4 is 17.4 Å². The Morgan fingerprint density at radius 3 is 2.34 bits per heavy atom. The third kappa shape index (κ3) is 5.85. The minimum Gasteiger partial charge on any atom is -0.463 e. The lowest BCUT2D eigenvalue weighted by molar-refractivity contribution is -0.137. The zero-order valence-electron chi connectivity index (χ0n) is 16.6. The predicted molar refractivity (Wildman–Crippen MR) is 118 cm³/mol. The van der Waals surface area contributed by atoms with Crippen LogP contribution in [0.2, 0.25) is 0 Å². The molecule has 3 rings (SSSR count). The highest BCUT2D eigenvalue weighted by molar-refractivity contribution is 5.94. The molecule has 0 bridgehead atoms. The van der Waals surface area contributed by atoms with E-state index in [0.29, 0.717) is 12.3 Å². The SMILES string of the molecule is CCOC(=O)/C=C(/Nc1ccccc1C#Cc1ccc(C)cc1)c1ccccc1. The average Bonchev–Trinajstić information content (AvgIpc) is 2.74. The normalized spacial score (nSPS) is 10.6. The number of hydrogen-bond acceptors (Lipinski definition) is 3. The lowest BCUT2D eigenvalue weighted by atomic mass is 10.1. The standard InChI is InChI=1S/C26H23NO2/c1-3-29-26(28)19-25(22-9-5-4-6-10-22)27-24-12-8-7-11-23(24)18-17-21-15-13-20(2)14-16-21/h4-16,19,27H,3H2,1-2H3/b25-19+. The van der Waals surface area contributed by atoms with E-state index in [0.717, 1.165) is 22.4 Å². The molecule has 29 heavy (non-hydrogen) atoms. The predicted octanol–water partition coefficient (Wildman–Crippen LogP) is 5.41. The fourth-order valence-electron chi connectivity index (χ4n) is 2.73. The molecular weight excluding hydrogens is 358 g/mol. The number of para-hydroxylation sites is 1. The summed E-state index contributed by atoms with van der Waals surface area (Å²) >= 11 is 0. The van der Waals surface area contributed by atoms with Crippen LogP contribution in [0.25, 0.3) is 5.70 Å². The summed E-state index contributed by atoms with van der Waals surface area (Å²) in [4.78, 5) is 12.1. The topological polar surface area (TPSA) is 38.3 Å². The number of esters is 1. The molecule has 0 fully saturated rings. The summed E-state index contributed by atoms with van der Waals surface area (Å²) in [6.45, 7) is 4.17. The van der Waals surface area contributed by atoms with Gasteiger partial charge < -0.3 is 10.1 Å². The van der Waals surface area contributed by atoms with Crippen molar-refractivity contribution in [3.63, 3.8) is 0 Å². The Hall–Kier alpha value is -3.77. The molecule has 3 heteroatoms. The largest absolute Gasteiger partial charge is 0.463 e. The minimum atomic E-state index is -0.387. The van der Waals surface area contributed by atoms with Gasteiger partial charge >= 0.3 is 5.97 Å². The maximum absolute atomic E-state index is 12.1. The van der Waals surface area contributed by atoms with E-state index in [-0.39, 0.29) is 5.97 Å². The van der Waals surface area contributed by atoms with Crippen molar-refractivity contribution in [2.75, 3.05) is 11.9 Å². The van der Waals surface area contributed by atoms with Crippen LogP contribution in [0.5, 0.6) is 0 Å². The molecule has 0 unspecified atom stereocenters. The fraction of sp³-hybridized carbons (Fsp3) is 0.115. The molecule has 144 valence electrons. The highest BCUT2D eigenvalue weighted by atomic mass is 16.5. The first-order valence-corrected chi connectivity index (χ1v) is 9.54. The van der Waals surface area contributed by atoms with Crippen molar-refractivity contribution in [3.05, 3.63) is 107 Å². The fourth-order valence-corrected chi connectivity index (χ4v) is 2.73. The van der Waals surface area contributed by atoms with Gasteiger partial charge in [0.1, 0.15) is 0 Å². The molecule has 3 aromatic rings. The van der Waals surface area contributed by atoms with Gasteiger partial charge in [-0.3, -0.25) is 0 Å². The first-order valence-electron chi connectivity index (χ1n) is 9.54. The first-order chi connectivity index (χ1) is 14.2. The lowest BCUT2D eigenvalue weighted by Crippen LogP contribution is -2.06. The van der Waals surface area contributed by atoms with Gasteiger partial charge in [0.25, 0.3) is 0 Å². The zero-order chi connectivity index (χ0) is 20.5. The smallest absolute Gasteiger partial charge is 0.332 e. The summed E-state index contributed by atoms with van der Waals surface area (Å²) in [7, 11) is 0. The third-order valence-corrected chi connectivity index (χ3v) is 4.22. The Kier molecular flexibility index (Phi) is 6.86. The number of hydrogen-bond donors (Lipinski definition) is 1. The molecule has 0 radical (unpaired) electrons. The molecule has 0 aliphatic heterocycles. The van der Waals surface area contributed by atoms with Gasteiger partial charge in [0.2, 0.25) is 0 Å². The molecule has 1 N–H and O–H groups in total. The Balaban J connectivity index is 1.93. The van der Waals surface area contributed by atoms with Crippen LogP contribution in [0.15, 0.2) is 84.9 Å². The van der Waals surface area contributed by atoms with Gasteiger partial charge in [-0.1, -0.05) is 72.0 Å². The molecule has 0 amide bonds. The van der Waals surface area contributed by atoms with Crippen molar-refractivity contribution < 1.29 is 9.53 Å². The van der Waals surface area contributed by atoms with Crippen LogP contribution in [-0.4, -0.2) is 12.6 Å². The van der Waals surface area contributed by atoms with Gasteiger partial charge in [-0.25, -0.2) is 4.79 Å². The van der Waals surface area contributed by atoms with Crippen LogP contribution in [0.3, 0.4) is 0 Å². The van der Waals surface area contributed by atoms with Crippen molar-refractivity contribution in [3.8, 4) is 11.8 Å². The van der Waals surface area contributed by atoms with Crippen LogP contribution in [0.1, 0.15) is 29.2 Å². The van der Waals surface area contributed by atoms with E-state index in [1.54, 1.807) is 6.92 Å². The van der Waals surface area contributed by atoms with Crippen LogP contribution in [0, 0.1) is 18.8 Å². The van der Waals surface area contributed by atoms with Crippen molar-refractivity contribution in [1.29, 1.82) is 0 Å². The Labute approximate surface area is 172 Å². The van der Waals surface area contributed by atoms with E-state index in [2.05, 4.69) is 24.1 Å². The highest BCUT2D eigenvalue weighted by Gasteiger charge is 2.08. The monoisotopic (exact) mass is 381 g/mol. The minimum absolute atomic E-state index is 0.329. The summed E-state index contributed by atoms with van der Waals surface area (Å²) in [5.41, 5.74) is 5.38. The molecule has 0 aliphatic rings. The molecule has 0 atom stereocenters. The highest BCUT2D eigenvalue weighted by Crippen LogP contribution is 2.22. The zero-order valence-corrected chi connectivity index (χ0v) is 16.6. The molecule has 0 aromatic heterocycles. The molecule has 0 spiro atoms. The van der Waals surface area contributed by atoms with E-state index in [1.807, 2.05) is 78.9 Å². The van der Waals surface area contributed by atoms with E-state index in [9.17, 15) is 4.79 Å². The number of nitrogens with one attached hydrogen (secondary N) is 1. The van der Waals surface area contributed by atoms with Crippen molar-refractivity contribution in [2.24, 2.45) is 0 Å². The van der Waals surface area contributed by atoms with E-state index >= 15 is 0 Å². The number of benzene rings is 3. The van der Waals surface area contributed by atoms with E-state index < -0.39 is 0 Å². The van der Waals surface area contributed by atoms with Gasteiger partial charge in [0, 0.05) is 17.2 Å². The summed E-state index contributed by atoms with van der Waals surface area (Å²) in [5.74, 6) is 6.04. The molecule has 3 aromatic carbocycles. The number of carbonyl (C=O) groups is 1. The third-order valence-electron chi connectivity index (χ3n) is 4.22.